The van der Waals surface area contributed by atoms with E-state index in [1.807, 2.05) is 0 Å². The molecule has 0 radical (unpaired) electrons. The van der Waals surface area contributed by atoms with Crippen molar-refractivity contribution < 1.29 is 0 Å². The Balaban J connectivity index is 1.63. The number of nitrogens with one attached hydrogen (secondary N) is 1. The van der Waals surface area contributed by atoms with Crippen LogP contribution in [0.15, 0.2) is 18.2 Å². The summed E-state index contributed by atoms with van der Waals surface area (Å²) in [6.07, 6.45) is 2.63. The van der Waals surface area contributed by atoms with E-state index in [9.17, 15) is 0 Å². The monoisotopic (exact) mass is 273 g/mol. The highest BCUT2D eigenvalue weighted by Gasteiger charge is 2.26. The first-order valence-electron chi connectivity index (χ1n) is 8.01. The second-order valence-electron chi connectivity index (χ2n) is 6.24. The number of para-hydroxylation sites is 1. The minimum absolute atomic E-state index is 0.803. The number of anilines is 1. The van der Waals surface area contributed by atoms with Crippen LogP contribution in [-0.4, -0.2) is 50.2 Å². The minimum Gasteiger partial charge on any atom is -0.371 e. The molecule has 0 spiro atoms. The van der Waals surface area contributed by atoms with Crippen molar-refractivity contribution in [1.82, 2.24) is 10.2 Å². The van der Waals surface area contributed by atoms with Crippen LogP contribution in [0.25, 0.3) is 0 Å². The van der Waals surface area contributed by atoms with E-state index < -0.39 is 0 Å². The fourth-order valence-electron chi connectivity index (χ4n) is 3.81. The van der Waals surface area contributed by atoms with Crippen molar-refractivity contribution in [3.8, 4) is 0 Å². The lowest BCUT2D eigenvalue weighted by molar-refractivity contribution is 0.150. The molecule has 110 valence electrons. The number of aryl methyl sites for hydroxylation is 2. The van der Waals surface area contributed by atoms with Gasteiger partial charge in [0.05, 0.1) is 0 Å². The van der Waals surface area contributed by atoms with Crippen LogP contribution < -0.4 is 10.2 Å². The smallest absolute Gasteiger partial charge is 0.0425 e. The SMILES string of the molecule is Cc1cccc(C)c1N1CCC(N2CCNCC2)CC1. The fourth-order valence-corrected chi connectivity index (χ4v) is 3.81. The fraction of sp³-hybridized carbons (Fsp3) is 0.647. The summed E-state index contributed by atoms with van der Waals surface area (Å²) in [7, 11) is 0. The first-order chi connectivity index (χ1) is 9.75. The van der Waals surface area contributed by atoms with Gasteiger partial charge in [0.15, 0.2) is 0 Å². The molecule has 2 fully saturated rings. The molecule has 0 amide bonds. The number of piperidine rings is 1. The number of nitrogens with zero attached hydrogens (tertiary/aromatic N) is 2. The first kappa shape index (κ1) is 13.9. The van der Waals surface area contributed by atoms with E-state index in [2.05, 4.69) is 47.2 Å². The maximum absolute atomic E-state index is 3.45. The van der Waals surface area contributed by atoms with Crippen LogP contribution in [0, 0.1) is 13.8 Å². The highest BCUT2D eigenvalue weighted by Crippen LogP contribution is 2.28. The van der Waals surface area contributed by atoms with Crippen LogP contribution in [-0.2, 0) is 0 Å². The average Bonchev–Trinajstić information content (AvgIpc) is 2.49. The highest BCUT2D eigenvalue weighted by atomic mass is 15.2. The molecule has 2 aliphatic rings. The number of piperazine rings is 1. The van der Waals surface area contributed by atoms with Crippen LogP contribution in [0.4, 0.5) is 5.69 Å². The summed E-state index contributed by atoms with van der Waals surface area (Å²) in [5, 5.41) is 3.45. The minimum atomic E-state index is 0.803. The van der Waals surface area contributed by atoms with E-state index >= 15 is 0 Å². The quantitative estimate of drug-likeness (QED) is 0.891. The molecule has 0 bridgehead atoms. The van der Waals surface area contributed by atoms with E-state index in [1.165, 1.54) is 55.8 Å². The molecule has 0 aromatic heterocycles. The van der Waals surface area contributed by atoms with Gasteiger partial charge in [0.1, 0.15) is 0 Å². The Hall–Kier alpha value is -1.06. The van der Waals surface area contributed by atoms with Gasteiger partial charge in [0.25, 0.3) is 0 Å². The number of rotatable bonds is 2. The number of hydrogen-bond acceptors (Lipinski definition) is 3. The Morgan fingerprint density at radius 3 is 2.15 bits per heavy atom. The molecule has 0 atom stereocenters. The topological polar surface area (TPSA) is 18.5 Å². The Morgan fingerprint density at radius 2 is 1.55 bits per heavy atom. The van der Waals surface area contributed by atoms with Crippen LogP contribution in [0.1, 0.15) is 24.0 Å². The average molecular weight is 273 g/mol. The van der Waals surface area contributed by atoms with Crippen LogP contribution in [0.2, 0.25) is 0 Å². The van der Waals surface area contributed by atoms with Gasteiger partial charge >= 0.3 is 0 Å². The summed E-state index contributed by atoms with van der Waals surface area (Å²) >= 11 is 0. The molecule has 1 N–H and O–H groups in total. The van der Waals surface area contributed by atoms with Gasteiger partial charge < -0.3 is 10.2 Å². The van der Waals surface area contributed by atoms with Gasteiger partial charge in [-0.1, -0.05) is 18.2 Å². The lowest BCUT2D eigenvalue weighted by Gasteiger charge is -2.41. The molecule has 2 heterocycles. The molecular weight excluding hydrogens is 246 g/mol. The first-order valence-corrected chi connectivity index (χ1v) is 8.01. The summed E-state index contributed by atoms with van der Waals surface area (Å²) in [5.41, 5.74) is 4.32. The van der Waals surface area contributed by atoms with Crippen molar-refractivity contribution in [2.24, 2.45) is 0 Å². The molecule has 3 heteroatoms. The Morgan fingerprint density at radius 1 is 0.950 bits per heavy atom. The van der Waals surface area contributed by atoms with Crippen molar-refractivity contribution in [3.63, 3.8) is 0 Å². The lowest BCUT2D eigenvalue weighted by Crippen LogP contribution is -2.52. The lowest BCUT2D eigenvalue weighted by atomic mass is 9.99. The Labute approximate surface area is 123 Å². The second kappa shape index (κ2) is 6.15. The van der Waals surface area contributed by atoms with Gasteiger partial charge in [-0.3, -0.25) is 4.90 Å². The maximum Gasteiger partial charge on any atom is 0.0425 e. The van der Waals surface area contributed by atoms with E-state index in [0.29, 0.717) is 0 Å². The van der Waals surface area contributed by atoms with E-state index in [1.54, 1.807) is 0 Å². The second-order valence-corrected chi connectivity index (χ2v) is 6.24. The molecule has 2 aliphatic heterocycles. The summed E-state index contributed by atoms with van der Waals surface area (Å²) < 4.78 is 0. The van der Waals surface area contributed by atoms with Crippen molar-refractivity contribution in [1.29, 1.82) is 0 Å². The van der Waals surface area contributed by atoms with Crippen LogP contribution in [0.5, 0.6) is 0 Å². The van der Waals surface area contributed by atoms with E-state index in [-0.39, 0.29) is 0 Å². The van der Waals surface area contributed by atoms with Crippen molar-refractivity contribution in [3.05, 3.63) is 29.3 Å². The maximum atomic E-state index is 3.45. The molecular formula is C17H27N3. The zero-order chi connectivity index (χ0) is 13.9. The Bertz CT molecular complexity index is 423. The van der Waals surface area contributed by atoms with Gasteiger partial charge in [-0.15, -0.1) is 0 Å². The van der Waals surface area contributed by atoms with Gasteiger partial charge in [0, 0.05) is 51.0 Å². The summed E-state index contributed by atoms with van der Waals surface area (Å²) in [6.45, 7) is 11.7. The van der Waals surface area contributed by atoms with E-state index in [0.717, 1.165) is 19.1 Å². The van der Waals surface area contributed by atoms with Crippen molar-refractivity contribution >= 4 is 5.69 Å². The van der Waals surface area contributed by atoms with Gasteiger partial charge in [-0.25, -0.2) is 0 Å². The number of benzene rings is 1. The summed E-state index contributed by atoms with van der Waals surface area (Å²) in [5.74, 6) is 0. The third-order valence-corrected chi connectivity index (χ3v) is 4.89. The number of hydrogen-bond donors (Lipinski definition) is 1. The van der Waals surface area contributed by atoms with Crippen molar-refractivity contribution in [2.45, 2.75) is 32.7 Å². The molecule has 0 aliphatic carbocycles. The normalized spacial score (nSPS) is 22.2. The molecule has 3 rings (SSSR count). The molecule has 1 aromatic carbocycles. The van der Waals surface area contributed by atoms with Crippen LogP contribution >= 0.6 is 0 Å². The predicted molar refractivity (Wildman–Crippen MR) is 85.6 cm³/mol. The molecule has 2 saturated heterocycles. The van der Waals surface area contributed by atoms with Crippen LogP contribution in [0.3, 0.4) is 0 Å². The van der Waals surface area contributed by atoms with Gasteiger partial charge in [0.2, 0.25) is 0 Å². The third kappa shape index (κ3) is 2.84. The molecule has 0 unspecified atom stereocenters. The largest absolute Gasteiger partial charge is 0.371 e. The zero-order valence-corrected chi connectivity index (χ0v) is 12.9. The zero-order valence-electron chi connectivity index (χ0n) is 12.9. The van der Waals surface area contributed by atoms with E-state index in [4.69, 9.17) is 0 Å². The summed E-state index contributed by atoms with van der Waals surface area (Å²) in [6, 6.07) is 7.45. The van der Waals surface area contributed by atoms with Crippen molar-refractivity contribution in [2.75, 3.05) is 44.2 Å². The third-order valence-electron chi connectivity index (χ3n) is 4.89. The molecule has 1 aromatic rings. The standard InChI is InChI=1S/C17H27N3/c1-14-4-3-5-15(2)17(14)20-10-6-16(7-11-20)19-12-8-18-9-13-19/h3-5,16,18H,6-13H2,1-2H3. The Kier molecular flexibility index (Phi) is 4.27. The highest BCUT2D eigenvalue weighted by molar-refractivity contribution is 5.59. The molecule has 0 saturated carbocycles. The summed E-state index contributed by atoms with van der Waals surface area (Å²) in [4.78, 5) is 5.29. The molecule has 3 nitrogen and oxygen atoms in total. The molecule has 20 heavy (non-hydrogen) atoms. The predicted octanol–water partition coefficient (Wildman–Crippen LogP) is 2.18. The van der Waals surface area contributed by atoms with Gasteiger partial charge in [-0.05, 0) is 37.8 Å². The van der Waals surface area contributed by atoms with Gasteiger partial charge in [-0.2, -0.15) is 0 Å².